The molecule has 0 spiro atoms. The van der Waals surface area contributed by atoms with E-state index in [9.17, 15) is 9.90 Å². The third-order valence-electron chi connectivity index (χ3n) is 2.65. The van der Waals surface area contributed by atoms with Crippen molar-refractivity contribution in [2.45, 2.75) is 39.8 Å². The van der Waals surface area contributed by atoms with Crippen molar-refractivity contribution in [1.82, 2.24) is 4.90 Å². The number of ether oxygens (including phenoxy) is 2. The van der Waals surface area contributed by atoms with E-state index in [4.69, 9.17) is 9.47 Å². The van der Waals surface area contributed by atoms with Crippen molar-refractivity contribution in [3.05, 3.63) is 29.8 Å². The maximum atomic E-state index is 12.2. The molecule has 1 amide bonds. The summed E-state index contributed by atoms with van der Waals surface area (Å²) in [7, 11) is 0. The number of hydrogen-bond donors (Lipinski definition) is 1. The van der Waals surface area contributed by atoms with Crippen molar-refractivity contribution < 1.29 is 19.4 Å². The van der Waals surface area contributed by atoms with Gasteiger partial charge in [-0.1, -0.05) is 12.1 Å². The van der Waals surface area contributed by atoms with Crippen LogP contribution in [0.25, 0.3) is 0 Å². The summed E-state index contributed by atoms with van der Waals surface area (Å²) in [5.41, 5.74) is 0.303. The maximum absolute atomic E-state index is 12.2. The molecule has 0 aliphatic carbocycles. The summed E-state index contributed by atoms with van der Waals surface area (Å²) in [6, 6.07) is 6.85. The van der Waals surface area contributed by atoms with Gasteiger partial charge in [0, 0.05) is 19.7 Å². The molecule has 0 radical (unpaired) electrons. The van der Waals surface area contributed by atoms with Crippen molar-refractivity contribution in [3.8, 4) is 5.75 Å². The van der Waals surface area contributed by atoms with Crippen LogP contribution in [-0.4, -0.2) is 41.5 Å². The van der Waals surface area contributed by atoms with Crippen molar-refractivity contribution in [1.29, 1.82) is 0 Å². The summed E-state index contributed by atoms with van der Waals surface area (Å²) in [4.78, 5) is 13.8. The highest BCUT2D eigenvalue weighted by molar-refractivity contribution is 5.68. The number of hydrogen-bond acceptors (Lipinski definition) is 4. The van der Waals surface area contributed by atoms with Gasteiger partial charge in [0.05, 0.1) is 6.61 Å². The van der Waals surface area contributed by atoms with Crippen LogP contribution >= 0.6 is 0 Å². The highest BCUT2D eigenvalue weighted by Crippen LogP contribution is 2.15. The number of phenols is 1. The van der Waals surface area contributed by atoms with E-state index >= 15 is 0 Å². The number of phenolic OH excluding ortho intramolecular Hbond substituents is 1. The van der Waals surface area contributed by atoms with E-state index in [-0.39, 0.29) is 11.8 Å². The zero-order chi connectivity index (χ0) is 15.9. The number of benzene rings is 1. The predicted octanol–water partition coefficient (Wildman–Crippen LogP) is 3.17. The van der Waals surface area contributed by atoms with Gasteiger partial charge in [-0.15, -0.1) is 0 Å². The zero-order valence-corrected chi connectivity index (χ0v) is 13.3. The molecule has 0 aliphatic rings. The van der Waals surface area contributed by atoms with Crippen LogP contribution in [0, 0.1) is 0 Å². The van der Waals surface area contributed by atoms with Gasteiger partial charge in [0.25, 0.3) is 0 Å². The molecule has 1 rings (SSSR count). The molecule has 1 aromatic rings. The molecule has 0 aliphatic heterocycles. The van der Waals surface area contributed by atoms with Gasteiger partial charge >= 0.3 is 6.09 Å². The second-order valence-electron chi connectivity index (χ2n) is 5.77. The zero-order valence-electron chi connectivity index (χ0n) is 13.3. The third kappa shape index (κ3) is 6.99. The van der Waals surface area contributed by atoms with Crippen LogP contribution in [0.3, 0.4) is 0 Å². The number of nitrogens with zero attached hydrogens (tertiary/aromatic N) is 1. The molecule has 0 saturated carbocycles. The molecule has 5 nitrogen and oxygen atoms in total. The minimum atomic E-state index is -0.542. The molecule has 0 atom stereocenters. The molecule has 118 valence electrons. The van der Waals surface area contributed by atoms with E-state index in [0.717, 1.165) is 5.56 Å². The summed E-state index contributed by atoms with van der Waals surface area (Å²) in [5, 5.41) is 9.51. The largest absolute Gasteiger partial charge is 0.508 e. The molecular weight excluding hydrogens is 270 g/mol. The molecule has 0 unspecified atom stereocenters. The lowest BCUT2D eigenvalue weighted by Crippen LogP contribution is -2.38. The predicted molar refractivity (Wildman–Crippen MR) is 81.2 cm³/mol. The monoisotopic (exact) mass is 295 g/mol. The van der Waals surface area contributed by atoms with Crippen LogP contribution in [0.5, 0.6) is 5.75 Å². The molecule has 5 heteroatoms. The first-order valence-corrected chi connectivity index (χ1v) is 7.15. The van der Waals surface area contributed by atoms with Gasteiger partial charge in [0.15, 0.2) is 0 Å². The van der Waals surface area contributed by atoms with E-state index in [1.165, 1.54) is 0 Å². The lowest BCUT2D eigenvalue weighted by atomic mass is 10.2. The lowest BCUT2D eigenvalue weighted by molar-refractivity contribution is 0.0163. The van der Waals surface area contributed by atoms with Crippen LogP contribution in [-0.2, 0) is 16.0 Å². The minimum Gasteiger partial charge on any atom is -0.508 e. The van der Waals surface area contributed by atoms with E-state index in [2.05, 4.69) is 0 Å². The fraction of sp³-hybridized carbons (Fsp3) is 0.562. The van der Waals surface area contributed by atoms with E-state index < -0.39 is 5.60 Å². The molecule has 0 saturated heterocycles. The summed E-state index contributed by atoms with van der Waals surface area (Å²) < 4.78 is 10.7. The number of aromatic hydroxyl groups is 1. The Morgan fingerprint density at radius 2 is 2.05 bits per heavy atom. The first-order valence-electron chi connectivity index (χ1n) is 7.15. The van der Waals surface area contributed by atoms with Crippen LogP contribution < -0.4 is 0 Å². The van der Waals surface area contributed by atoms with Crippen molar-refractivity contribution in [2.24, 2.45) is 0 Å². The van der Waals surface area contributed by atoms with Crippen molar-refractivity contribution in [2.75, 3.05) is 19.8 Å². The Morgan fingerprint density at radius 3 is 2.62 bits per heavy atom. The average Bonchev–Trinajstić information content (AvgIpc) is 2.36. The van der Waals surface area contributed by atoms with Gasteiger partial charge in [-0.25, -0.2) is 4.79 Å². The Labute approximate surface area is 126 Å². The van der Waals surface area contributed by atoms with Crippen LogP contribution in [0.15, 0.2) is 24.3 Å². The van der Waals surface area contributed by atoms with Gasteiger partial charge in [-0.05, 0) is 45.4 Å². The highest BCUT2D eigenvalue weighted by Gasteiger charge is 2.22. The molecule has 0 aromatic heterocycles. The number of carbonyl (C=O) groups is 1. The summed E-state index contributed by atoms with van der Waals surface area (Å²) in [6.45, 7) is 9.28. The standard InChI is InChI=1S/C16H25NO4/c1-5-20-10-9-17(15(19)21-16(2,3)4)12-13-7-6-8-14(18)11-13/h6-8,11,18H,5,9-10,12H2,1-4H3. The smallest absolute Gasteiger partial charge is 0.410 e. The molecule has 0 heterocycles. The van der Waals surface area contributed by atoms with Gasteiger partial charge in [-0.2, -0.15) is 0 Å². The molecule has 21 heavy (non-hydrogen) atoms. The van der Waals surface area contributed by atoms with Crippen LogP contribution in [0.4, 0.5) is 4.79 Å². The minimum absolute atomic E-state index is 0.182. The SMILES string of the molecule is CCOCCN(Cc1cccc(O)c1)C(=O)OC(C)(C)C. The molecule has 0 fully saturated rings. The number of carbonyl (C=O) groups excluding carboxylic acids is 1. The number of amides is 1. The first kappa shape index (κ1) is 17.3. The quantitative estimate of drug-likeness (QED) is 0.819. The third-order valence-corrected chi connectivity index (χ3v) is 2.65. The topological polar surface area (TPSA) is 59.0 Å². The molecule has 0 bridgehead atoms. The van der Waals surface area contributed by atoms with Gasteiger partial charge in [0.1, 0.15) is 11.4 Å². The van der Waals surface area contributed by atoms with Crippen molar-refractivity contribution >= 4 is 6.09 Å². The highest BCUT2D eigenvalue weighted by atomic mass is 16.6. The van der Waals surface area contributed by atoms with E-state index in [1.54, 1.807) is 23.1 Å². The fourth-order valence-corrected chi connectivity index (χ4v) is 1.76. The molecular formula is C16H25NO4. The number of rotatable bonds is 6. The Balaban J connectivity index is 2.74. The summed E-state index contributed by atoms with van der Waals surface area (Å²) >= 11 is 0. The van der Waals surface area contributed by atoms with Gasteiger partial charge < -0.3 is 19.5 Å². The first-order chi connectivity index (χ1) is 9.81. The van der Waals surface area contributed by atoms with Crippen LogP contribution in [0.1, 0.15) is 33.3 Å². The fourth-order valence-electron chi connectivity index (χ4n) is 1.76. The summed E-state index contributed by atoms with van der Waals surface area (Å²) in [5.74, 6) is 0.182. The average molecular weight is 295 g/mol. The Morgan fingerprint density at radius 1 is 1.33 bits per heavy atom. The van der Waals surface area contributed by atoms with Gasteiger partial charge in [0.2, 0.25) is 0 Å². The molecule has 1 N–H and O–H groups in total. The Kier molecular flexibility index (Phi) is 6.49. The summed E-state index contributed by atoms with van der Waals surface area (Å²) in [6.07, 6.45) is -0.384. The van der Waals surface area contributed by atoms with E-state index in [1.807, 2.05) is 33.8 Å². The van der Waals surface area contributed by atoms with Crippen molar-refractivity contribution in [3.63, 3.8) is 0 Å². The Bertz CT molecular complexity index is 454. The maximum Gasteiger partial charge on any atom is 0.410 e. The second kappa shape index (κ2) is 7.88. The van der Waals surface area contributed by atoms with E-state index in [0.29, 0.717) is 26.3 Å². The Hall–Kier alpha value is -1.75. The molecule has 1 aromatic carbocycles. The normalized spacial score (nSPS) is 11.2. The van der Waals surface area contributed by atoms with Crippen LogP contribution in [0.2, 0.25) is 0 Å². The lowest BCUT2D eigenvalue weighted by Gasteiger charge is -2.27. The van der Waals surface area contributed by atoms with Gasteiger partial charge in [-0.3, -0.25) is 0 Å². The second-order valence-corrected chi connectivity index (χ2v) is 5.77.